The van der Waals surface area contributed by atoms with Gasteiger partial charge in [0.15, 0.2) is 5.78 Å². The molecule has 3 heteroatoms. The van der Waals surface area contributed by atoms with Crippen molar-refractivity contribution in [3.05, 3.63) is 77.0 Å². The van der Waals surface area contributed by atoms with Gasteiger partial charge in [-0.2, -0.15) is 0 Å². The average Bonchev–Trinajstić information content (AvgIpc) is 3.80. The maximum atomic E-state index is 13.9. The molecule has 3 aliphatic rings. The van der Waals surface area contributed by atoms with Crippen LogP contribution in [0.4, 0.5) is 0 Å². The molecule has 2 atom stereocenters. The summed E-state index contributed by atoms with van der Waals surface area (Å²) in [5.74, 6) is 1.97. The molecule has 1 N–H and O–H groups in total. The van der Waals surface area contributed by atoms with Gasteiger partial charge in [-0.05, 0) is 74.2 Å². The minimum Gasteiger partial charge on any atom is -0.313 e. The van der Waals surface area contributed by atoms with Gasteiger partial charge in [-0.25, -0.2) is 0 Å². The van der Waals surface area contributed by atoms with Crippen molar-refractivity contribution in [2.75, 3.05) is 6.54 Å². The lowest BCUT2D eigenvalue weighted by Gasteiger charge is -2.32. The summed E-state index contributed by atoms with van der Waals surface area (Å²) < 4.78 is 0. The average molecular weight is 453 g/mol. The number of carbonyl (C=O) groups excluding carboxylic acids is 1. The number of carbonyl (C=O) groups is 1. The van der Waals surface area contributed by atoms with Gasteiger partial charge in [-0.15, -0.1) is 0 Å². The number of aromatic nitrogens is 1. The molecule has 2 aromatic carbocycles. The SMILES string of the molecule is O=C(C[C@@H](c1ccc(CCC2CC2)cc1)C1CCCCN1)c1cc(C2CC2)nc2ccccc12. The molecule has 0 radical (unpaired) electrons. The Morgan fingerprint density at radius 3 is 2.53 bits per heavy atom. The number of Topliss-reactive ketones (excluding diaryl/α,β-unsaturated/α-hetero) is 1. The third kappa shape index (κ3) is 4.95. The zero-order valence-electron chi connectivity index (χ0n) is 20.1. The van der Waals surface area contributed by atoms with Crippen molar-refractivity contribution in [3.8, 4) is 0 Å². The Kier molecular flexibility index (Phi) is 6.22. The highest BCUT2D eigenvalue weighted by atomic mass is 16.1. The molecular formula is C31H36N2O. The summed E-state index contributed by atoms with van der Waals surface area (Å²) in [5.41, 5.74) is 5.68. The first-order valence-electron chi connectivity index (χ1n) is 13.5. The second kappa shape index (κ2) is 9.62. The van der Waals surface area contributed by atoms with Gasteiger partial charge < -0.3 is 5.32 Å². The summed E-state index contributed by atoms with van der Waals surface area (Å²) in [7, 11) is 0. The number of hydrogen-bond acceptors (Lipinski definition) is 3. The number of fused-ring (bicyclic) bond motifs is 1. The van der Waals surface area contributed by atoms with Crippen LogP contribution in [0.5, 0.6) is 0 Å². The van der Waals surface area contributed by atoms with E-state index in [1.165, 1.54) is 62.5 Å². The van der Waals surface area contributed by atoms with Crippen LogP contribution >= 0.6 is 0 Å². The molecule has 1 saturated heterocycles. The van der Waals surface area contributed by atoms with Crippen molar-refractivity contribution in [1.82, 2.24) is 10.3 Å². The van der Waals surface area contributed by atoms with E-state index in [4.69, 9.17) is 4.98 Å². The van der Waals surface area contributed by atoms with Gasteiger partial charge in [0.25, 0.3) is 0 Å². The number of hydrogen-bond donors (Lipinski definition) is 1. The molecule has 1 aromatic heterocycles. The van der Waals surface area contributed by atoms with Crippen molar-refractivity contribution in [1.29, 1.82) is 0 Å². The second-order valence-electron chi connectivity index (χ2n) is 10.9. The van der Waals surface area contributed by atoms with Gasteiger partial charge in [0.2, 0.25) is 0 Å². The molecule has 0 amide bonds. The quantitative estimate of drug-likeness (QED) is 0.357. The first-order chi connectivity index (χ1) is 16.7. The monoisotopic (exact) mass is 452 g/mol. The molecule has 2 aliphatic carbocycles. The number of nitrogens with zero attached hydrogens (tertiary/aromatic N) is 1. The van der Waals surface area contributed by atoms with Crippen LogP contribution in [-0.4, -0.2) is 23.4 Å². The Bertz CT molecular complexity index is 1150. The number of pyridine rings is 1. The van der Waals surface area contributed by atoms with Gasteiger partial charge >= 0.3 is 0 Å². The second-order valence-corrected chi connectivity index (χ2v) is 10.9. The maximum absolute atomic E-state index is 13.9. The number of ketones is 1. The highest BCUT2D eigenvalue weighted by Gasteiger charge is 2.30. The summed E-state index contributed by atoms with van der Waals surface area (Å²) in [5, 5.41) is 4.75. The molecule has 2 heterocycles. The Labute approximate surface area is 203 Å². The minimum atomic E-state index is 0.210. The molecule has 3 nitrogen and oxygen atoms in total. The molecular weight excluding hydrogens is 416 g/mol. The molecule has 176 valence electrons. The number of nitrogens with one attached hydrogen (secondary N) is 1. The van der Waals surface area contributed by atoms with E-state index in [-0.39, 0.29) is 11.7 Å². The van der Waals surface area contributed by atoms with Crippen LogP contribution in [-0.2, 0) is 6.42 Å². The van der Waals surface area contributed by atoms with Crippen LogP contribution in [0.1, 0.15) is 96.8 Å². The van der Waals surface area contributed by atoms with Crippen LogP contribution in [0, 0.1) is 5.92 Å². The molecule has 0 bridgehead atoms. The summed E-state index contributed by atoms with van der Waals surface area (Å²) in [4.78, 5) is 18.8. The summed E-state index contributed by atoms with van der Waals surface area (Å²) in [6.45, 7) is 1.05. The lowest BCUT2D eigenvalue weighted by Crippen LogP contribution is -2.39. The van der Waals surface area contributed by atoms with Crippen molar-refractivity contribution in [3.63, 3.8) is 0 Å². The third-order valence-corrected chi connectivity index (χ3v) is 8.22. The summed E-state index contributed by atoms with van der Waals surface area (Å²) in [6, 6.07) is 19.9. The third-order valence-electron chi connectivity index (χ3n) is 8.22. The first kappa shape index (κ1) is 22.0. The van der Waals surface area contributed by atoms with Gasteiger partial charge in [0.05, 0.1) is 5.52 Å². The van der Waals surface area contributed by atoms with Gasteiger partial charge in [-0.3, -0.25) is 9.78 Å². The van der Waals surface area contributed by atoms with E-state index < -0.39 is 0 Å². The van der Waals surface area contributed by atoms with Crippen LogP contribution < -0.4 is 5.32 Å². The van der Waals surface area contributed by atoms with E-state index in [0.29, 0.717) is 18.4 Å². The van der Waals surface area contributed by atoms with Crippen LogP contribution in [0.25, 0.3) is 10.9 Å². The summed E-state index contributed by atoms with van der Waals surface area (Å²) in [6.07, 6.45) is 11.9. The topological polar surface area (TPSA) is 42.0 Å². The summed E-state index contributed by atoms with van der Waals surface area (Å²) >= 11 is 0. The van der Waals surface area contributed by atoms with Crippen LogP contribution in [0.3, 0.4) is 0 Å². The fraction of sp³-hybridized carbons (Fsp3) is 0.484. The fourth-order valence-electron chi connectivity index (χ4n) is 5.75. The van der Waals surface area contributed by atoms with Gasteiger partial charge in [-0.1, -0.05) is 61.7 Å². The maximum Gasteiger partial charge on any atom is 0.164 e. The van der Waals surface area contributed by atoms with Crippen molar-refractivity contribution in [2.45, 2.75) is 82.1 Å². The number of benzene rings is 2. The van der Waals surface area contributed by atoms with Gasteiger partial charge in [0.1, 0.15) is 0 Å². The zero-order chi connectivity index (χ0) is 22.9. The van der Waals surface area contributed by atoms with E-state index in [1.807, 2.05) is 12.1 Å². The smallest absolute Gasteiger partial charge is 0.164 e. The molecule has 3 aromatic rings. The lowest BCUT2D eigenvalue weighted by atomic mass is 9.81. The largest absolute Gasteiger partial charge is 0.313 e. The van der Waals surface area contributed by atoms with E-state index >= 15 is 0 Å². The van der Waals surface area contributed by atoms with Crippen LogP contribution in [0.2, 0.25) is 0 Å². The number of aryl methyl sites for hydroxylation is 1. The van der Waals surface area contributed by atoms with Crippen molar-refractivity contribution >= 4 is 16.7 Å². The molecule has 3 fully saturated rings. The molecule has 34 heavy (non-hydrogen) atoms. The highest BCUT2D eigenvalue weighted by Crippen LogP contribution is 2.41. The molecule has 0 spiro atoms. The van der Waals surface area contributed by atoms with Crippen molar-refractivity contribution in [2.24, 2.45) is 5.92 Å². The van der Waals surface area contributed by atoms with Crippen molar-refractivity contribution < 1.29 is 4.79 Å². The highest BCUT2D eigenvalue weighted by molar-refractivity contribution is 6.07. The van der Waals surface area contributed by atoms with E-state index in [0.717, 1.165) is 41.0 Å². The molecule has 6 rings (SSSR count). The molecule has 1 aliphatic heterocycles. The molecule has 2 saturated carbocycles. The predicted octanol–water partition coefficient (Wildman–Crippen LogP) is 6.95. The number of rotatable bonds is 9. The minimum absolute atomic E-state index is 0.210. The normalized spacial score (nSPS) is 21.5. The van der Waals surface area contributed by atoms with E-state index in [2.05, 4.69) is 47.8 Å². The lowest BCUT2D eigenvalue weighted by molar-refractivity contribution is 0.0966. The van der Waals surface area contributed by atoms with Crippen LogP contribution in [0.15, 0.2) is 54.6 Å². The fourth-order valence-corrected chi connectivity index (χ4v) is 5.75. The Hall–Kier alpha value is -2.52. The zero-order valence-corrected chi connectivity index (χ0v) is 20.1. The Morgan fingerprint density at radius 2 is 1.79 bits per heavy atom. The predicted molar refractivity (Wildman–Crippen MR) is 139 cm³/mol. The first-order valence-corrected chi connectivity index (χ1v) is 13.5. The van der Waals surface area contributed by atoms with Gasteiger partial charge in [0, 0.05) is 40.9 Å². The standard InChI is InChI=1S/C31H36N2O/c34-31(27-19-30(24-16-17-24)33-29-7-2-1-5-25(27)29)20-26(28-6-3-4-18-32-28)23-14-12-22(13-15-23)11-10-21-8-9-21/h1-2,5,7,12-15,19,21,24,26,28,32H,3-4,6,8-11,16-18,20H2/t26-,28?/m0/s1. The molecule has 1 unspecified atom stereocenters. The number of piperidine rings is 1. The van der Waals surface area contributed by atoms with E-state index in [9.17, 15) is 4.79 Å². The Balaban J connectivity index is 1.28. The number of para-hydroxylation sites is 1. The Morgan fingerprint density at radius 1 is 0.971 bits per heavy atom. The van der Waals surface area contributed by atoms with E-state index in [1.54, 1.807) is 0 Å².